The molecule has 2 heterocycles. The van der Waals surface area contributed by atoms with Gasteiger partial charge < -0.3 is 9.47 Å². The van der Waals surface area contributed by atoms with Crippen LogP contribution in [-0.4, -0.2) is 24.0 Å². The van der Waals surface area contributed by atoms with Crippen LogP contribution in [0.15, 0.2) is 36.5 Å². The minimum absolute atomic E-state index is 0.0839. The van der Waals surface area contributed by atoms with Crippen LogP contribution in [-0.2, 0) is 6.42 Å². The topological polar surface area (TPSA) is 48.4 Å². The van der Waals surface area contributed by atoms with Gasteiger partial charge >= 0.3 is 0 Å². The average molecular weight is 269 g/mol. The number of ketones is 1. The predicted octanol–water partition coefficient (Wildman–Crippen LogP) is 2.65. The van der Waals surface area contributed by atoms with Crippen molar-refractivity contribution >= 4 is 5.78 Å². The Balaban J connectivity index is 1.98. The third kappa shape index (κ3) is 2.25. The second-order valence-electron chi connectivity index (χ2n) is 4.55. The molecule has 1 aliphatic heterocycles. The second kappa shape index (κ2) is 5.33. The summed E-state index contributed by atoms with van der Waals surface area (Å²) in [7, 11) is 0. The molecule has 2 aromatic rings. The maximum atomic E-state index is 12.6. The van der Waals surface area contributed by atoms with E-state index in [1.54, 1.807) is 24.4 Å². The highest BCUT2D eigenvalue weighted by Gasteiger charge is 2.18. The Morgan fingerprint density at radius 3 is 2.80 bits per heavy atom. The van der Waals surface area contributed by atoms with E-state index in [0.29, 0.717) is 36.0 Å². The summed E-state index contributed by atoms with van der Waals surface area (Å²) in [5, 5.41) is 0. The number of aromatic nitrogens is 1. The molecule has 1 aromatic heterocycles. The Morgan fingerprint density at radius 1 is 1.20 bits per heavy atom. The molecule has 4 heteroatoms. The molecule has 0 N–H and O–H groups in total. The lowest BCUT2D eigenvalue weighted by molar-refractivity contribution is 0.103. The van der Waals surface area contributed by atoms with Gasteiger partial charge in [0.2, 0.25) is 5.78 Å². The van der Waals surface area contributed by atoms with Crippen molar-refractivity contribution in [1.29, 1.82) is 0 Å². The van der Waals surface area contributed by atoms with Crippen molar-refractivity contribution < 1.29 is 14.3 Å². The molecule has 1 aliphatic rings. The van der Waals surface area contributed by atoms with E-state index in [2.05, 4.69) is 4.98 Å². The summed E-state index contributed by atoms with van der Waals surface area (Å²) in [5.41, 5.74) is 2.03. The molecule has 0 spiro atoms. The van der Waals surface area contributed by atoms with Crippen molar-refractivity contribution in [2.75, 3.05) is 13.2 Å². The van der Waals surface area contributed by atoms with Crippen LogP contribution < -0.4 is 9.47 Å². The zero-order chi connectivity index (χ0) is 13.9. The minimum atomic E-state index is -0.0839. The molecule has 0 bridgehead atoms. The number of carbonyl (C=O) groups is 1. The molecule has 0 saturated heterocycles. The highest BCUT2D eigenvalue weighted by Crippen LogP contribution is 2.31. The third-order valence-electron chi connectivity index (χ3n) is 3.29. The zero-order valence-corrected chi connectivity index (χ0v) is 11.3. The molecule has 102 valence electrons. The monoisotopic (exact) mass is 269 g/mol. The van der Waals surface area contributed by atoms with Gasteiger partial charge in [-0.15, -0.1) is 0 Å². The predicted molar refractivity (Wildman–Crippen MR) is 74.5 cm³/mol. The number of hydrogen-bond donors (Lipinski definition) is 0. The van der Waals surface area contributed by atoms with Gasteiger partial charge in [-0.2, -0.15) is 0 Å². The molecule has 1 aromatic carbocycles. The number of fused-ring (bicyclic) bond motifs is 1. The Bertz CT molecular complexity index is 652. The largest absolute Gasteiger partial charge is 0.486 e. The van der Waals surface area contributed by atoms with E-state index >= 15 is 0 Å². The standard InChI is InChI=1S/C16H15NO3/c1-2-11-4-3-7-17-15(11)16(18)12-5-6-13-14(10-12)20-9-8-19-13/h3-7,10H,2,8-9H2,1H3. The maximum Gasteiger partial charge on any atom is 0.211 e. The van der Waals surface area contributed by atoms with Crippen LogP contribution in [0, 0.1) is 0 Å². The molecule has 20 heavy (non-hydrogen) atoms. The van der Waals surface area contributed by atoms with Gasteiger partial charge in [-0.05, 0) is 36.2 Å². The van der Waals surface area contributed by atoms with Crippen molar-refractivity contribution in [2.45, 2.75) is 13.3 Å². The first-order valence-corrected chi connectivity index (χ1v) is 6.68. The van der Waals surface area contributed by atoms with Crippen LogP contribution >= 0.6 is 0 Å². The van der Waals surface area contributed by atoms with Crippen LogP contribution in [0.2, 0.25) is 0 Å². The third-order valence-corrected chi connectivity index (χ3v) is 3.29. The minimum Gasteiger partial charge on any atom is -0.486 e. The van der Waals surface area contributed by atoms with Crippen LogP contribution in [0.4, 0.5) is 0 Å². The van der Waals surface area contributed by atoms with Gasteiger partial charge in [-0.1, -0.05) is 13.0 Å². The fourth-order valence-electron chi connectivity index (χ4n) is 2.25. The quantitative estimate of drug-likeness (QED) is 0.804. The lowest BCUT2D eigenvalue weighted by Crippen LogP contribution is -2.16. The van der Waals surface area contributed by atoms with Crippen molar-refractivity contribution in [3.05, 3.63) is 53.3 Å². The van der Waals surface area contributed by atoms with E-state index in [-0.39, 0.29) is 5.78 Å². The summed E-state index contributed by atoms with van der Waals surface area (Å²) >= 11 is 0. The van der Waals surface area contributed by atoms with Crippen molar-refractivity contribution in [2.24, 2.45) is 0 Å². The normalized spacial score (nSPS) is 13.1. The van der Waals surface area contributed by atoms with E-state index in [4.69, 9.17) is 9.47 Å². The van der Waals surface area contributed by atoms with Gasteiger partial charge in [0.15, 0.2) is 11.5 Å². The van der Waals surface area contributed by atoms with Gasteiger partial charge in [0.05, 0.1) is 0 Å². The molecule has 4 nitrogen and oxygen atoms in total. The van der Waals surface area contributed by atoms with E-state index in [9.17, 15) is 4.79 Å². The Kier molecular flexibility index (Phi) is 3.37. The van der Waals surface area contributed by atoms with Crippen LogP contribution in [0.25, 0.3) is 0 Å². The Hall–Kier alpha value is -2.36. The lowest BCUT2D eigenvalue weighted by Gasteiger charge is -2.18. The highest BCUT2D eigenvalue weighted by molar-refractivity contribution is 6.08. The molecule has 0 amide bonds. The molecule has 0 atom stereocenters. The van der Waals surface area contributed by atoms with Gasteiger partial charge in [0.25, 0.3) is 0 Å². The van der Waals surface area contributed by atoms with Gasteiger partial charge in [-0.3, -0.25) is 9.78 Å². The molecule has 0 fully saturated rings. The summed E-state index contributed by atoms with van der Waals surface area (Å²) in [6.45, 7) is 3.06. The second-order valence-corrected chi connectivity index (χ2v) is 4.55. The fraction of sp³-hybridized carbons (Fsp3) is 0.250. The highest BCUT2D eigenvalue weighted by atomic mass is 16.6. The van der Waals surface area contributed by atoms with E-state index < -0.39 is 0 Å². The first-order chi connectivity index (χ1) is 9.79. The van der Waals surface area contributed by atoms with Crippen molar-refractivity contribution in [1.82, 2.24) is 4.98 Å². The number of aryl methyl sites for hydroxylation is 1. The first kappa shape index (κ1) is 12.7. The van der Waals surface area contributed by atoms with Crippen molar-refractivity contribution in [3.63, 3.8) is 0 Å². The summed E-state index contributed by atoms with van der Waals surface area (Å²) in [6, 6.07) is 9.03. The summed E-state index contributed by atoms with van der Waals surface area (Å²) in [5.74, 6) is 1.22. The molecule has 0 unspecified atom stereocenters. The van der Waals surface area contributed by atoms with E-state index in [0.717, 1.165) is 12.0 Å². The number of carbonyl (C=O) groups excluding carboxylic acids is 1. The molecule has 0 saturated carbocycles. The summed E-state index contributed by atoms with van der Waals surface area (Å²) in [6.07, 6.45) is 2.42. The summed E-state index contributed by atoms with van der Waals surface area (Å²) < 4.78 is 11.0. The fourth-order valence-corrected chi connectivity index (χ4v) is 2.25. The van der Waals surface area contributed by atoms with Crippen LogP contribution in [0.1, 0.15) is 28.5 Å². The van der Waals surface area contributed by atoms with Gasteiger partial charge in [-0.25, -0.2) is 0 Å². The first-order valence-electron chi connectivity index (χ1n) is 6.68. The Labute approximate surface area is 117 Å². The number of benzene rings is 1. The number of rotatable bonds is 3. The number of ether oxygens (including phenoxy) is 2. The molecule has 3 rings (SSSR count). The Morgan fingerprint density at radius 2 is 2.00 bits per heavy atom. The SMILES string of the molecule is CCc1cccnc1C(=O)c1ccc2c(c1)OCCO2. The van der Waals surface area contributed by atoms with Crippen molar-refractivity contribution in [3.8, 4) is 11.5 Å². The van der Waals surface area contributed by atoms with Crippen LogP contribution in [0.5, 0.6) is 11.5 Å². The van der Waals surface area contributed by atoms with E-state index in [1.165, 1.54) is 0 Å². The average Bonchev–Trinajstić information content (AvgIpc) is 2.53. The van der Waals surface area contributed by atoms with Gasteiger partial charge in [0.1, 0.15) is 18.9 Å². The number of pyridine rings is 1. The van der Waals surface area contributed by atoms with Gasteiger partial charge in [0, 0.05) is 11.8 Å². The number of hydrogen-bond acceptors (Lipinski definition) is 4. The maximum absolute atomic E-state index is 12.6. The van der Waals surface area contributed by atoms with E-state index in [1.807, 2.05) is 19.1 Å². The molecular formula is C16H15NO3. The molecule has 0 aliphatic carbocycles. The lowest BCUT2D eigenvalue weighted by atomic mass is 10.0. The van der Waals surface area contributed by atoms with Crippen LogP contribution in [0.3, 0.4) is 0 Å². The molecular weight excluding hydrogens is 254 g/mol. The molecule has 0 radical (unpaired) electrons. The zero-order valence-electron chi connectivity index (χ0n) is 11.3. The summed E-state index contributed by atoms with van der Waals surface area (Å²) in [4.78, 5) is 16.8. The smallest absolute Gasteiger partial charge is 0.211 e. The number of nitrogens with zero attached hydrogens (tertiary/aromatic N) is 1.